The zero-order valence-corrected chi connectivity index (χ0v) is 15.7. The van der Waals surface area contributed by atoms with Gasteiger partial charge in [0.15, 0.2) is 0 Å². The molecule has 144 valence electrons. The molecule has 8 heteroatoms. The average molecular weight is 378 g/mol. The van der Waals surface area contributed by atoms with Gasteiger partial charge in [-0.05, 0) is 43.4 Å². The van der Waals surface area contributed by atoms with Crippen molar-refractivity contribution in [1.29, 1.82) is 0 Å². The third kappa shape index (κ3) is 3.58. The second kappa shape index (κ2) is 7.75. The number of carbonyl (C=O) groups is 1. The Morgan fingerprint density at radius 2 is 2.07 bits per heavy atom. The van der Waals surface area contributed by atoms with Crippen molar-refractivity contribution in [3.05, 3.63) is 63.6 Å². The number of nitrogens with one attached hydrogen (secondary N) is 2. The summed E-state index contributed by atoms with van der Waals surface area (Å²) >= 11 is 0. The predicted molar refractivity (Wildman–Crippen MR) is 104 cm³/mol. The molecule has 3 aromatic rings. The van der Waals surface area contributed by atoms with Crippen LogP contribution in [-0.4, -0.2) is 43.0 Å². The van der Waals surface area contributed by atoms with Crippen LogP contribution in [0.5, 0.6) is 0 Å². The quantitative estimate of drug-likeness (QED) is 0.676. The number of H-pyrrole nitrogens is 2. The lowest BCUT2D eigenvalue weighted by Gasteiger charge is -2.16. The maximum absolute atomic E-state index is 12.8. The van der Waals surface area contributed by atoms with Crippen molar-refractivity contribution in [2.75, 3.05) is 7.05 Å². The SMILES string of the molecule is CN(Cc1n[nH]c2c1CCCCC2)C(=O)c1cnc(-c2cccnc2)[nH]c1=O. The van der Waals surface area contributed by atoms with Crippen LogP contribution in [0.25, 0.3) is 11.4 Å². The summed E-state index contributed by atoms with van der Waals surface area (Å²) < 4.78 is 0. The first-order chi connectivity index (χ1) is 13.6. The van der Waals surface area contributed by atoms with Crippen LogP contribution in [0, 0.1) is 0 Å². The number of hydrogen-bond donors (Lipinski definition) is 2. The molecule has 3 aromatic heterocycles. The normalized spacial score (nSPS) is 13.6. The van der Waals surface area contributed by atoms with E-state index in [4.69, 9.17) is 0 Å². The molecule has 8 nitrogen and oxygen atoms in total. The molecular weight excluding hydrogens is 356 g/mol. The van der Waals surface area contributed by atoms with Gasteiger partial charge in [0.1, 0.15) is 11.4 Å². The lowest BCUT2D eigenvalue weighted by Crippen LogP contribution is -2.32. The van der Waals surface area contributed by atoms with Crippen LogP contribution in [-0.2, 0) is 19.4 Å². The fourth-order valence-electron chi connectivity index (χ4n) is 3.56. The standard InChI is InChI=1S/C20H22N6O2/c1-26(12-17-14-7-3-2-4-8-16(14)24-25-17)20(28)15-11-22-18(23-19(15)27)13-6-5-9-21-10-13/h5-6,9-11H,2-4,7-8,12H2,1H3,(H,24,25)(H,22,23,27). The predicted octanol–water partition coefficient (Wildman–Crippen LogP) is 2.10. The highest BCUT2D eigenvalue weighted by Gasteiger charge is 2.21. The van der Waals surface area contributed by atoms with Crippen LogP contribution in [0.2, 0.25) is 0 Å². The number of aromatic amines is 2. The van der Waals surface area contributed by atoms with Gasteiger partial charge < -0.3 is 9.88 Å². The van der Waals surface area contributed by atoms with Gasteiger partial charge in [-0.25, -0.2) is 4.98 Å². The van der Waals surface area contributed by atoms with E-state index in [1.54, 1.807) is 31.6 Å². The minimum Gasteiger partial charge on any atom is -0.335 e. The fraction of sp³-hybridized carbons (Fsp3) is 0.350. The van der Waals surface area contributed by atoms with E-state index < -0.39 is 5.56 Å². The van der Waals surface area contributed by atoms with Gasteiger partial charge in [-0.2, -0.15) is 5.10 Å². The first-order valence-electron chi connectivity index (χ1n) is 9.43. The topological polar surface area (TPSA) is 108 Å². The van der Waals surface area contributed by atoms with Gasteiger partial charge in [-0.3, -0.25) is 19.7 Å². The van der Waals surface area contributed by atoms with Crippen LogP contribution < -0.4 is 5.56 Å². The van der Waals surface area contributed by atoms with Crippen molar-refractivity contribution in [3.8, 4) is 11.4 Å². The van der Waals surface area contributed by atoms with E-state index in [9.17, 15) is 9.59 Å². The highest BCUT2D eigenvalue weighted by molar-refractivity contribution is 5.93. The van der Waals surface area contributed by atoms with E-state index >= 15 is 0 Å². The third-order valence-corrected chi connectivity index (χ3v) is 5.09. The van der Waals surface area contributed by atoms with Crippen molar-refractivity contribution in [3.63, 3.8) is 0 Å². The van der Waals surface area contributed by atoms with Crippen LogP contribution in [0.4, 0.5) is 0 Å². The monoisotopic (exact) mass is 378 g/mol. The fourth-order valence-corrected chi connectivity index (χ4v) is 3.56. The van der Waals surface area contributed by atoms with Gasteiger partial charge in [0.05, 0.1) is 12.2 Å². The molecule has 0 aliphatic heterocycles. The van der Waals surface area contributed by atoms with Crippen LogP contribution in [0.15, 0.2) is 35.5 Å². The Hall–Kier alpha value is -3.29. The lowest BCUT2D eigenvalue weighted by molar-refractivity contribution is 0.0781. The van der Waals surface area contributed by atoms with Gasteiger partial charge in [0.25, 0.3) is 11.5 Å². The molecule has 4 rings (SSSR count). The molecule has 0 bridgehead atoms. The maximum atomic E-state index is 12.8. The molecule has 1 amide bonds. The van der Waals surface area contributed by atoms with E-state index in [1.807, 2.05) is 0 Å². The Morgan fingerprint density at radius 3 is 2.86 bits per heavy atom. The molecule has 3 heterocycles. The number of hydrogen-bond acceptors (Lipinski definition) is 5. The van der Waals surface area contributed by atoms with E-state index in [0.29, 0.717) is 17.9 Å². The third-order valence-electron chi connectivity index (χ3n) is 5.09. The molecule has 0 saturated heterocycles. The minimum atomic E-state index is -0.466. The molecule has 1 aliphatic carbocycles. The Kier molecular flexibility index (Phi) is 5.01. The van der Waals surface area contributed by atoms with Gasteiger partial charge in [0, 0.05) is 36.9 Å². The number of carbonyl (C=O) groups excluding carboxylic acids is 1. The van der Waals surface area contributed by atoms with Gasteiger partial charge in [0.2, 0.25) is 0 Å². The number of aromatic nitrogens is 5. The second-order valence-corrected chi connectivity index (χ2v) is 7.07. The number of fused-ring (bicyclic) bond motifs is 1. The molecule has 0 unspecified atom stereocenters. The minimum absolute atomic E-state index is 0.0109. The van der Waals surface area contributed by atoms with Crippen molar-refractivity contribution >= 4 is 5.91 Å². The summed E-state index contributed by atoms with van der Waals surface area (Å²) in [4.78, 5) is 37.7. The largest absolute Gasteiger partial charge is 0.335 e. The summed E-state index contributed by atoms with van der Waals surface area (Å²) in [5.74, 6) is 0.00628. The highest BCUT2D eigenvalue weighted by Crippen LogP contribution is 2.22. The number of aryl methyl sites for hydroxylation is 1. The van der Waals surface area contributed by atoms with Crippen LogP contribution in [0.1, 0.15) is 46.6 Å². The zero-order valence-electron chi connectivity index (χ0n) is 15.7. The average Bonchev–Trinajstić information content (AvgIpc) is 2.94. The smallest absolute Gasteiger partial charge is 0.264 e. The highest BCUT2D eigenvalue weighted by atomic mass is 16.2. The molecule has 0 fully saturated rings. The van der Waals surface area contributed by atoms with Crippen LogP contribution >= 0.6 is 0 Å². The molecule has 0 atom stereocenters. The first kappa shape index (κ1) is 18.1. The molecule has 0 saturated carbocycles. The van der Waals surface area contributed by atoms with Crippen molar-refractivity contribution in [2.45, 2.75) is 38.6 Å². The van der Waals surface area contributed by atoms with Gasteiger partial charge in [-0.15, -0.1) is 0 Å². The molecular formula is C20H22N6O2. The summed E-state index contributed by atoms with van der Waals surface area (Å²) in [5.41, 5.74) is 3.50. The molecule has 1 aliphatic rings. The summed E-state index contributed by atoms with van der Waals surface area (Å²) in [6, 6.07) is 3.55. The zero-order chi connectivity index (χ0) is 19.5. The molecule has 28 heavy (non-hydrogen) atoms. The first-order valence-corrected chi connectivity index (χ1v) is 9.43. The summed E-state index contributed by atoms with van der Waals surface area (Å²) in [5, 5.41) is 7.52. The van der Waals surface area contributed by atoms with E-state index in [2.05, 4.69) is 25.1 Å². The Bertz CT molecular complexity index is 1040. The Balaban J connectivity index is 1.53. The summed E-state index contributed by atoms with van der Waals surface area (Å²) in [7, 11) is 1.68. The van der Waals surface area contributed by atoms with Gasteiger partial charge in [-0.1, -0.05) is 6.42 Å². The summed E-state index contributed by atoms with van der Waals surface area (Å²) in [6.45, 7) is 0.356. The maximum Gasteiger partial charge on any atom is 0.264 e. The molecule has 2 N–H and O–H groups in total. The lowest BCUT2D eigenvalue weighted by atomic mass is 10.1. The summed E-state index contributed by atoms with van der Waals surface area (Å²) in [6.07, 6.45) is 10.1. The number of pyridine rings is 1. The Labute approximate surface area is 162 Å². The van der Waals surface area contributed by atoms with E-state index in [0.717, 1.165) is 31.4 Å². The molecule has 0 aromatic carbocycles. The molecule has 0 radical (unpaired) electrons. The second-order valence-electron chi connectivity index (χ2n) is 7.07. The number of rotatable bonds is 4. The van der Waals surface area contributed by atoms with Crippen molar-refractivity contribution in [1.82, 2.24) is 30.0 Å². The van der Waals surface area contributed by atoms with E-state index in [-0.39, 0.29) is 11.5 Å². The number of nitrogens with zero attached hydrogens (tertiary/aromatic N) is 4. The van der Waals surface area contributed by atoms with E-state index in [1.165, 1.54) is 28.8 Å². The van der Waals surface area contributed by atoms with Crippen LogP contribution in [0.3, 0.4) is 0 Å². The van der Waals surface area contributed by atoms with Gasteiger partial charge >= 0.3 is 0 Å². The van der Waals surface area contributed by atoms with Crippen molar-refractivity contribution in [2.24, 2.45) is 0 Å². The Morgan fingerprint density at radius 1 is 1.21 bits per heavy atom. The number of amides is 1. The molecule has 0 spiro atoms. The van der Waals surface area contributed by atoms with Crippen molar-refractivity contribution < 1.29 is 4.79 Å².